The van der Waals surface area contributed by atoms with Crippen molar-refractivity contribution < 1.29 is 5.11 Å². The molecule has 1 aromatic carbocycles. The average molecular weight is 392 g/mol. The summed E-state index contributed by atoms with van der Waals surface area (Å²) >= 11 is 12.0. The Labute approximate surface area is 158 Å². The number of hydrogen-bond donors (Lipinski definition) is 1. The Kier molecular flexibility index (Phi) is 4.30. The van der Waals surface area contributed by atoms with Crippen LogP contribution in [0.2, 0.25) is 10.2 Å². The van der Waals surface area contributed by atoms with Crippen LogP contribution in [0.25, 0.3) is 16.9 Å². The van der Waals surface area contributed by atoms with Gasteiger partial charge in [0.25, 0.3) is 5.56 Å². The summed E-state index contributed by atoms with van der Waals surface area (Å²) in [5.41, 5.74) is 1.61. The SMILES string of the molecule is C[C@H]1Cc2nc(-c3cc(Cl)ccc3-n3cc(Cl)nn3)cc(=O)n2[C@@H]1CO. The first-order valence-corrected chi connectivity index (χ1v) is 8.85. The van der Waals surface area contributed by atoms with Gasteiger partial charge in [-0.05, 0) is 24.1 Å². The van der Waals surface area contributed by atoms with Gasteiger partial charge in [0, 0.05) is 23.1 Å². The van der Waals surface area contributed by atoms with Crippen molar-refractivity contribution in [3.8, 4) is 16.9 Å². The molecule has 0 radical (unpaired) electrons. The van der Waals surface area contributed by atoms with Crippen molar-refractivity contribution in [1.82, 2.24) is 24.5 Å². The lowest BCUT2D eigenvalue weighted by Gasteiger charge is -2.15. The van der Waals surface area contributed by atoms with Crippen LogP contribution in [0.4, 0.5) is 0 Å². The summed E-state index contributed by atoms with van der Waals surface area (Å²) in [7, 11) is 0. The summed E-state index contributed by atoms with van der Waals surface area (Å²) in [6.45, 7) is 1.91. The molecule has 7 nitrogen and oxygen atoms in total. The first-order chi connectivity index (χ1) is 12.5. The Morgan fingerprint density at radius 2 is 2.12 bits per heavy atom. The van der Waals surface area contributed by atoms with Gasteiger partial charge in [-0.15, -0.1) is 5.10 Å². The van der Waals surface area contributed by atoms with E-state index in [9.17, 15) is 9.90 Å². The number of aliphatic hydroxyl groups excluding tert-OH is 1. The van der Waals surface area contributed by atoms with Crippen molar-refractivity contribution in [2.45, 2.75) is 19.4 Å². The van der Waals surface area contributed by atoms with Crippen LogP contribution in [0.5, 0.6) is 0 Å². The van der Waals surface area contributed by atoms with E-state index in [0.29, 0.717) is 34.2 Å². The highest BCUT2D eigenvalue weighted by Crippen LogP contribution is 2.32. The van der Waals surface area contributed by atoms with Crippen LogP contribution in [0.3, 0.4) is 0 Å². The fraction of sp³-hybridized carbons (Fsp3) is 0.294. The Morgan fingerprint density at radius 3 is 2.81 bits per heavy atom. The smallest absolute Gasteiger partial charge is 0.254 e. The normalized spacial score (nSPS) is 18.9. The van der Waals surface area contributed by atoms with Gasteiger partial charge in [0.05, 0.1) is 30.2 Å². The van der Waals surface area contributed by atoms with E-state index >= 15 is 0 Å². The Hall–Kier alpha value is -2.22. The quantitative estimate of drug-likeness (QED) is 0.741. The molecule has 0 spiro atoms. The number of nitrogens with zero attached hydrogens (tertiary/aromatic N) is 5. The van der Waals surface area contributed by atoms with Gasteiger partial charge in [-0.1, -0.05) is 35.3 Å². The van der Waals surface area contributed by atoms with E-state index in [1.165, 1.54) is 10.7 Å². The average Bonchev–Trinajstić information content (AvgIpc) is 3.17. The number of rotatable bonds is 3. The number of halogens is 2. The van der Waals surface area contributed by atoms with Gasteiger partial charge in [0.2, 0.25) is 0 Å². The van der Waals surface area contributed by atoms with Crippen molar-refractivity contribution in [2.24, 2.45) is 5.92 Å². The van der Waals surface area contributed by atoms with Crippen LogP contribution in [-0.2, 0) is 6.42 Å². The molecule has 0 saturated heterocycles. The van der Waals surface area contributed by atoms with Crippen LogP contribution in [0, 0.1) is 5.92 Å². The highest BCUT2D eigenvalue weighted by molar-refractivity contribution is 6.31. The van der Waals surface area contributed by atoms with E-state index in [-0.39, 0.29) is 29.3 Å². The van der Waals surface area contributed by atoms with Gasteiger partial charge in [-0.3, -0.25) is 9.36 Å². The Morgan fingerprint density at radius 1 is 1.31 bits per heavy atom. The molecular weight excluding hydrogens is 377 g/mol. The molecule has 9 heteroatoms. The van der Waals surface area contributed by atoms with E-state index in [4.69, 9.17) is 23.2 Å². The second kappa shape index (κ2) is 6.50. The molecule has 4 rings (SSSR count). The third-order valence-corrected chi connectivity index (χ3v) is 5.06. The fourth-order valence-corrected chi connectivity index (χ4v) is 3.69. The van der Waals surface area contributed by atoms with Crippen molar-refractivity contribution >= 4 is 23.2 Å². The van der Waals surface area contributed by atoms with Crippen LogP contribution in [0.15, 0.2) is 35.3 Å². The van der Waals surface area contributed by atoms with Crippen LogP contribution in [0.1, 0.15) is 18.8 Å². The largest absolute Gasteiger partial charge is 0.394 e. The van der Waals surface area contributed by atoms with Crippen LogP contribution in [-0.4, -0.2) is 36.3 Å². The van der Waals surface area contributed by atoms with E-state index in [1.54, 1.807) is 29.0 Å². The lowest BCUT2D eigenvalue weighted by molar-refractivity contribution is 0.202. The predicted octanol–water partition coefficient (Wildman–Crippen LogP) is 2.52. The second-order valence-corrected chi connectivity index (χ2v) is 7.17. The minimum Gasteiger partial charge on any atom is -0.394 e. The maximum atomic E-state index is 12.7. The molecule has 2 aromatic heterocycles. The Bertz CT molecular complexity index is 1050. The van der Waals surface area contributed by atoms with E-state index in [0.717, 1.165) is 0 Å². The van der Waals surface area contributed by atoms with Gasteiger partial charge in [0.15, 0.2) is 5.15 Å². The molecule has 1 aliphatic rings. The Balaban J connectivity index is 1.90. The first kappa shape index (κ1) is 17.2. The van der Waals surface area contributed by atoms with Crippen molar-refractivity contribution in [3.05, 3.63) is 56.8 Å². The maximum Gasteiger partial charge on any atom is 0.254 e. The van der Waals surface area contributed by atoms with E-state index in [2.05, 4.69) is 15.3 Å². The molecule has 3 heterocycles. The lowest BCUT2D eigenvalue weighted by Crippen LogP contribution is -2.27. The zero-order valence-electron chi connectivity index (χ0n) is 13.8. The fourth-order valence-electron chi connectivity index (χ4n) is 3.39. The van der Waals surface area contributed by atoms with Crippen molar-refractivity contribution in [2.75, 3.05) is 6.61 Å². The molecular formula is C17H15Cl2N5O2. The van der Waals surface area contributed by atoms with Crippen molar-refractivity contribution in [1.29, 1.82) is 0 Å². The maximum absolute atomic E-state index is 12.7. The summed E-state index contributed by atoms with van der Waals surface area (Å²) < 4.78 is 3.09. The summed E-state index contributed by atoms with van der Waals surface area (Å²) in [4.78, 5) is 17.3. The van der Waals surface area contributed by atoms with Crippen LogP contribution >= 0.6 is 23.2 Å². The zero-order chi connectivity index (χ0) is 18.4. The standard InChI is InChI=1S/C17H15Cl2N5O2/c1-9-4-16-20-12(6-17(26)24(16)14(9)8-25)11-5-10(18)2-3-13(11)23-7-15(19)21-22-23/h2-3,5-7,9,14,25H,4,8H2,1H3/t9-,14+/m0/s1. The van der Waals surface area contributed by atoms with Crippen molar-refractivity contribution in [3.63, 3.8) is 0 Å². The molecule has 0 aliphatic carbocycles. The molecule has 134 valence electrons. The zero-order valence-corrected chi connectivity index (χ0v) is 15.3. The third kappa shape index (κ3) is 2.82. The van der Waals surface area contributed by atoms with Gasteiger partial charge in [-0.25, -0.2) is 9.67 Å². The summed E-state index contributed by atoms with van der Waals surface area (Å²) in [6, 6.07) is 6.44. The minimum atomic E-state index is -0.244. The molecule has 1 N–H and O–H groups in total. The highest BCUT2D eigenvalue weighted by Gasteiger charge is 2.31. The number of fused-ring (bicyclic) bond motifs is 1. The lowest BCUT2D eigenvalue weighted by atomic mass is 10.0. The molecule has 3 aromatic rings. The molecule has 0 unspecified atom stereocenters. The number of benzene rings is 1. The first-order valence-electron chi connectivity index (χ1n) is 8.09. The minimum absolute atomic E-state index is 0.0883. The molecule has 26 heavy (non-hydrogen) atoms. The number of hydrogen-bond acceptors (Lipinski definition) is 5. The summed E-state index contributed by atoms with van der Waals surface area (Å²) in [5.74, 6) is 0.796. The molecule has 0 amide bonds. The second-order valence-electron chi connectivity index (χ2n) is 6.34. The third-order valence-electron chi connectivity index (χ3n) is 4.65. The summed E-state index contributed by atoms with van der Waals surface area (Å²) in [5, 5.41) is 18.1. The predicted molar refractivity (Wildman–Crippen MR) is 97.9 cm³/mol. The van der Waals surface area contributed by atoms with Gasteiger partial charge < -0.3 is 5.11 Å². The van der Waals surface area contributed by atoms with E-state index < -0.39 is 0 Å². The highest BCUT2D eigenvalue weighted by atomic mass is 35.5. The van der Waals surface area contributed by atoms with Crippen LogP contribution < -0.4 is 5.56 Å². The van der Waals surface area contributed by atoms with E-state index in [1.807, 2.05) is 6.92 Å². The summed E-state index contributed by atoms with van der Waals surface area (Å²) in [6.07, 6.45) is 2.19. The van der Waals surface area contributed by atoms with Gasteiger partial charge in [-0.2, -0.15) is 0 Å². The molecule has 0 bridgehead atoms. The number of aromatic nitrogens is 5. The molecule has 0 saturated carbocycles. The molecule has 2 atom stereocenters. The monoisotopic (exact) mass is 391 g/mol. The molecule has 1 aliphatic heterocycles. The topological polar surface area (TPSA) is 85.8 Å². The molecule has 0 fully saturated rings. The van der Waals surface area contributed by atoms with Gasteiger partial charge >= 0.3 is 0 Å². The van der Waals surface area contributed by atoms with Gasteiger partial charge in [0.1, 0.15) is 5.82 Å². The number of aliphatic hydroxyl groups is 1.